The monoisotopic (exact) mass is 301 g/mol. The van der Waals surface area contributed by atoms with Crippen LogP contribution >= 0.6 is 23.2 Å². The van der Waals surface area contributed by atoms with E-state index in [-0.39, 0.29) is 16.6 Å². The zero-order valence-corrected chi connectivity index (χ0v) is 10.9. The molecule has 0 fully saturated rings. The predicted octanol–water partition coefficient (Wildman–Crippen LogP) is 3.41. The molecule has 0 radical (unpaired) electrons. The summed E-state index contributed by atoms with van der Waals surface area (Å²) in [7, 11) is 0. The molecule has 0 bridgehead atoms. The average Bonchev–Trinajstić information content (AvgIpc) is 2.30. The Morgan fingerprint density at radius 3 is 2.44 bits per heavy atom. The molecule has 0 aliphatic carbocycles. The molecule has 0 amide bonds. The van der Waals surface area contributed by atoms with Crippen molar-refractivity contribution in [2.75, 3.05) is 6.54 Å². The van der Waals surface area contributed by atoms with Gasteiger partial charge < -0.3 is 10.4 Å². The zero-order valence-electron chi connectivity index (χ0n) is 9.43. The minimum atomic E-state index is -2.83. The number of hydrogen-bond acceptors (Lipinski definition) is 2. The van der Waals surface area contributed by atoms with Crippen LogP contribution in [0.4, 0.5) is 13.2 Å². The van der Waals surface area contributed by atoms with Crippen molar-refractivity contribution in [3.05, 3.63) is 33.6 Å². The molecule has 0 saturated carbocycles. The van der Waals surface area contributed by atoms with Crippen LogP contribution in [-0.2, 0) is 0 Å². The summed E-state index contributed by atoms with van der Waals surface area (Å²) in [5.74, 6) is -0.640. The van der Waals surface area contributed by atoms with Crippen molar-refractivity contribution < 1.29 is 18.3 Å². The first-order valence-corrected chi connectivity index (χ1v) is 5.92. The summed E-state index contributed by atoms with van der Waals surface area (Å²) in [5, 5.41) is 11.7. The SMILES string of the molecule is CC(NCC(O)C(F)F)c1cc(F)c(Cl)cc1Cl. The van der Waals surface area contributed by atoms with Gasteiger partial charge in [0.15, 0.2) is 0 Å². The van der Waals surface area contributed by atoms with E-state index in [9.17, 15) is 13.2 Å². The summed E-state index contributed by atoms with van der Waals surface area (Å²) in [6.45, 7) is 1.30. The van der Waals surface area contributed by atoms with Gasteiger partial charge in [-0.1, -0.05) is 23.2 Å². The summed E-state index contributed by atoms with van der Waals surface area (Å²) >= 11 is 11.4. The Morgan fingerprint density at radius 2 is 1.89 bits per heavy atom. The zero-order chi connectivity index (χ0) is 13.9. The van der Waals surface area contributed by atoms with Gasteiger partial charge in [0, 0.05) is 17.6 Å². The molecule has 2 atom stereocenters. The number of nitrogens with one attached hydrogen (secondary N) is 1. The predicted molar refractivity (Wildman–Crippen MR) is 64.8 cm³/mol. The molecule has 7 heteroatoms. The van der Waals surface area contributed by atoms with Gasteiger partial charge in [0.2, 0.25) is 0 Å². The Morgan fingerprint density at radius 1 is 1.28 bits per heavy atom. The Labute approximate surface area is 113 Å². The largest absolute Gasteiger partial charge is 0.386 e. The minimum absolute atomic E-state index is 0.108. The second-order valence-electron chi connectivity index (χ2n) is 3.82. The number of benzene rings is 1. The molecule has 1 rings (SSSR count). The molecule has 2 N–H and O–H groups in total. The summed E-state index contributed by atoms with van der Waals surface area (Å²) in [4.78, 5) is 0. The lowest BCUT2D eigenvalue weighted by Crippen LogP contribution is -2.33. The van der Waals surface area contributed by atoms with Crippen molar-refractivity contribution in [2.24, 2.45) is 0 Å². The lowest BCUT2D eigenvalue weighted by Gasteiger charge is -2.18. The topological polar surface area (TPSA) is 32.3 Å². The molecular weight excluding hydrogens is 290 g/mol. The van der Waals surface area contributed by atoms with E-state index in [4.69, 9.17) is 28.3 Å². The number of rotatable bonds is 5. The van der Waals surface area contributed by atoms with Crippen molar-refractivity contribution in [1.29, 1.82) is 0 Å². The average molecular weight is 302 g/mol. The molecule has 2 nitrogen and oxygen atoms in total. The highest BCUT2D eigenvalue weighted by molar-refractivity contribution is 6.35. The first-order valence-electron chi connectivity index (χ1n) is 5.17. The van der Waals surface area contributed by atoms with E-state index in [0.29, 0.717) is 5.56 Å². The molecule has 0 saturated heterocycles. The summed E-state index contributed by atoms with van der Waals surface area (Å²) in [6.07, 6.45) is -4.61. The fraction of sp³-hybridized carbons (Fsp3) is 0.455. The first kappa shape index (κ1) is 15.6. The molecule has 1 aromatic carbocycles. The van der Waals surface area contributed by atoms with Gasteiger partial charge in [-0.2, -0.15) is 0 Å². The van der Waals surface area contributed by atoms with Crippen LogP contribution in [0.3, 0.4) is 0 Å². The molecule has 0 aliphatic heterocycles. The molecule has 0 aliphatic rings. The number of aliphatic hydroxyl groups is 1. The maximum atomic E-state index is 13.3. The fourth-order valence-electron chi connectivity index (χ4n) is 1.37. The standard InChI is InChI=1S/C11H12Cl2F3NO/c1-5(17-4-10(18)11(15)16)6-2-9(14)8(13)3-7(6)12/h2-3,5,10-11,17-18H,4H2,1H3. The van der Waals surface area contributed by atoms with E-state index in [0.717, 1.165) is 6.07 Å². The number of halogens is 5. The van der Waals surface area contributed by atoms with Crippen LogP contribution in [0.5, 0.6) is 0 Å². The number of alkyl halides is 2. The van der Waals surface area contributed by atoms with E-state index >= 15 is 0 Å². The van der Waals surface area contributed by atoms with Crippen LogP contribution < -0.4 is 5.32 Å². The van der Waals surface area contributed by atoms with Crippen molar-refractivity contribution in [1.82, 2.24) is 5.32 Å². The molecular formula is C11H12Cl2F3NO. The lowest BCUT2D eigenvalue weighted by atomic mass is 10.1. The maximum Gasteiger partial charge on any atom is 0.265 e. The van der Waals surface area contributed by atoms with Crippen molar-refractivity contribution in [3.8, 4) is 0 Å². The van der Waals surface area contributed by atoms with Gasteiger partial charge in [-0.3, -0.25) is 0 Å². The van der Waals surface area contributed by atoms with Crippen molar-refractivity contribution in [2.45, 2.75) is 25.5 Å². The quantitative estimate of drug-likeness (QED) is 0.817. The third-order valence-electron chi connectivity index (χ3n) is 2.43. The van der Waals surface area contributed by atoms with Gasteiger partial charge in [-0.15, -0.1) is 0 Å². The third kappa shape index (κ3) is 4.02. The van der Waals surface area contributed by atoms with Gasteiger partial charge in [0.25, 0.3) is 6.43 Å². The van der Waals surface area contributed by atoms with Crippen LogP contribution in [0.25, 0.3) is 0 Å². The molecule has 0 heterocycles. The van der Waals surface area contributed by atoms with Gasteiger partial charge >= 0.3 is 0 Å². The third-order valence-corrected chi connectivity index (χ3v) is 3.05. The molecule has 102 valence electrons. The van der Waals surface area contributed by atoms with Crippen LogP contribution in [0, 0.1) is 5.82 Å². The van der Waals surface area contributed by atoms with E-state index < -0.39 is 24.4 Å². The Balaban J connectivity index is 2.72. The van der Waals surface area contributed by atoms with Crippen LogP contribution in [0.2, 0.25) is 10.0 Å². The highest BCUT2D eigenvalue weighted by Gasteiger charge is 2.19. The van der Waals surface area contributed by atoms with Gasteiger partial charge in [-0.25, -0.2) is 13.2 Å². The Kier molecular flexibility index (Phi) is 5.72. The second-order valence-corrected chi connectivity index (χ2v) is 4.63. The Bertz CT molecular complexity index is 418. The van der Waals surface area contributed by atoms with Gasteiger partial charge in [0.05, 0.1) is 5.02 Å². The van der Waals surface area contributed by atoms with Crippen molar-refractivity contribution >= 4 is 23.2 Å². The Hall–Kier alpha value is -0.490. The molecule has 18 heavy (non-hydrogen) atoms. The molecule has 1 aromatic rings. The van der Waals surface area contributed by atoms with Crippen molar-refractivity contribution in [3.63, 3.8) is 0 Å². The van der Waals surface area contributed by atoms with Crippen LogP contribution in [0.15, 0.2) is 12.1 Å². The summed E-state index contributed by atoms with van der Waals surface area (Å²) in [6, 6.07) is 1.89. The fourth-order valence-corrected chi connectivity index (χ4v) is 1.91. The van der Waals surface area contributed by atoms with E-state index in [2.05, 4.69) is 5.32 Å². The summed E-state index contributed by atoms with van der Waals surface area (Å²) in [5.41, 5.74) is 0.389. The van der Waals surface area contributed by atoms with Gasteiger partial charge in [0.1, 0.15) is 11.9 Å². The minimum Gasteiger partial charge on any atom is -0.386 e. The molecule has 0 spiro atoms. The second kappa shape index (κ2) is 6.61. The maximum absolute atomic E-state index is 13.3. The van der Waals surface area contributed by atoms with Crippen LogP contribution in [-0.4, -0.2) is 24.2 Å². The van der Waals surface area contributed by atoms with Gasteiger partial charge in [-0.05, 0) is 24.6 Å². The molecule has 2 unspecified atom stereocenters. The number of aliphatic hydroxyl groups excluding tert-OH is 1. The number of hydrogen-bond donors (Lipinski definition) is 2. The van der Waals surface area contributed by atoms with E-state index in [1.807, 2.05) is 0 Å². The first-order chi connectivity index (χ1) is 8.32. The highest BCUT2D eigenvalue weighted by atomic mass is 35.5. The lowest BCUT2D eigenvalue weighted by molar-refractivity contribution is -0.00439. The normalized spacial score (nSPS) is 14.9. The smallest absolute Gasteiger partial charge is 0.265 e. The van der Waals surface area contributed by atoms with Crippen LogP contribution in [0.1, 0.15) is 18.5 Å². The molecule has 0 aromatic heterocycles. The highest BCUT2D eigenvalue weighted by Crippen LogP contribution is 2.28. The van der Waals surface area contributed by atoms with E-state index in [1.165, 1.54) is 6.07 Å². The summed E-state index contributed by atoms with van der Waals surface area (Å²) < 4.78 is 37.4. The van der Waals surface area contributed by atoms with E-state index in [1.54, 1.807) is 6.92 Å².